The third kappa shape index (κ3) is 5.13. The van der Waals surface area contributed by atoms with E-state index in [1.165, 1.54) is 0 Å². The van der Waals surface area contributed by atoms with Crippen LogP contribution in [0.1, 0.15) is 35.3 Å². The van der Waals surface area contributed by atoms with Crippen LogP contribution in [0.25, 0.3) is 11.0 Å². The molecule has 0 aliphatic carbocycles. The quantitative estimate of drug-likeness (QED) is 0.598. The number of hydrogen-bond acceptors (Lipinski definition) is 3. The molecule has 3 aromatic rings. The molecule has 7 heteroatoms. The highest BCUT2D eigenvalue weighted by molar-refractivity contribution is 5.97. The van der Waals surface area contributed by atoms with Gasteiger partial charge in [-0.05, 0) is 57.5 Å². The molecule has 1 aromatic heterocycles. The average molecular weight is 393 g/mol. The van der Waals surface area contributed by atoms with Crippen molar-refractivity contribution < 1.29 is 9.59 Å². The van der Waals surface area contributed by atoms with Crippen molar-refractivity contribution in [3.05, 3.63) is 59.4 Å². The highest BCUT2D eigenvalue weighted by Gasteiger charge is 2.10. The van der Waals surface area contributed by atoms with E-state index in [0.29, 0.717) is 18.7 Å². The van der Waals surface area contributed by atoms with E-state index in [2.05, 4.69) is 20.9 Å². The molecule has 0 aliphatic heterocycles. The zero-order valence-electron chi connectivity index (χ0n) is 17.2. The predicted octanol–water partition coefficient (Wildman–Crippen LogP) is 3.61. The number of rotatable bonds is 6. The van der Waals surface area contributed by atoms with Crippen molar-refractivity contribution in [2.24, 2.45) is 0 Å². The first-order valence-corrected chi connectivity index (χ1v) is 9.71. The summed E-state index contributed by atoms with van der Waals surface area (Å²) in [7, 11) is 0. The number of nitrogens with zero attached hydrogens (tertiary/aromatic N) is 2. The number of carbonyl (C=O) groups is 2. The molecule has 0 atom stereocenters. The van der Waals surface area contributed by atoms with Crippen molar-refractivity contribution in [2.75, 3.05) is 11.9 Å². The van der Waals surface area contributed by atoms with E-state index >= 15 is 0 Å². The first-order valence-electron chi connectivity index (χ1n) is 9.71. The highest BCUT2D eigenvalue weighted by atomic mass is 16.2. The maximum atomic E-state index is 12.2. The topological polar surface area (TPSA) is 88.1 Å². The van der Waals surface area contributed by atoms with E-state index in [1.54, 1.807) is 18.5 Å². The average Bonchev–Trinajstić information content (AvgIpc) is 3.06. The van der Waals surface area contributed by atoms with E-state index in [9.17, 15) is 9.59 Å². The Kier molecular flexibility index (Phi) is 6.16. The van der Waals surface area contributed by atoms with Gasteiger partial charge in [0.1, 0.15) is 0 Å². The minimum Gasteiger partial charge on any atom is -0.350 e. The molecule has 7 nitrogen and oxygen atoms in total. The van der Waals surface area contributed by atoms with E-state index in [-0.39, 0.29) is 18.0 Å². The highest BCUT2D eigenvalue weighted by Crippen LogP contribution is 2.16. The molecular formula is C22H27N5O2. The van der Waals surface area contributed by atoms with Crippen LogP contribution in [0.5, 0.6) is 0 Å². The number of imidazole rings is 1. The standard InChI is InChI=1S/C22H27N5O2/c1-14(2)25-21(28)17-6-8-20-19(12-17)24-13-27(20)10-9-23-22(29)26-18-7-5-15(3)11-16(18)4/h5-8,11-14H,9-10H2,1-4H3,(H,25,28)(H2,23,26,29). The third-order valence-electron chi connectivity index (χ3n) is 4.57. The first-order chi connectivity index (χ1) is 13.8. The molecule has 0 fully saturated rings. The van der Waals surface area contributed by atoms with Gasteiger partial charge in [0.15, 0.2) is 0 Å². The Balaban J connectivity index is 1.58. The second-order valence-electron chi connectivity index (χ2n) is 7.47. The van der Waals surface area contributed by atoms with Crippen molar-refractivity contribution in [1.82, 2.24) is 20.2 Å². The molecule has 0 unspecified atom stereocenters. The summed E-state index contributed by atoms with van der Waals surface area (Å²) in [6.07, 6.45) is 1.72. The summed E-state index contributed by atoms with van der Waals surface area (Å²) in [4.78, 5) is 28.7. The molecule has 1 heterocycles. The number of nitrogens with one attached hydrogen (secondary N) is 3. The van der Waals surface area contributed by atoms with Crippen LogP contribution in [0.2, 0.25) is 0 Å². The van der Waals surface area contributed by atoms with E-state index in [4.69, 9.17) is 0 Å². The summed E-state index contributed by atoms with van der Waals surface area (Å²) >= 11 is 0. The van der Waals surface area contributed by atoms with Crippen LogP contribution in [0, 0.1) is 13.8 Å². The van der Waals surface area contributed by atoms with Crippen molar-refractivity contribution >= 4 is 28.7 Å². The number of aromatic nitrogens is 2. The summed E-state index contributed by atoms with van der Waals surface area (Å²) < 4.78 is 1.96. The number of anilines is 1. The Morgan fingerprint density at radius 2 is 1.90 bits per heavy atom. The Labute approximate surface area is 170 Å². The third-order valence-corrected chi connectivity index (χ3v) is 4.57. The summed E-state index contributed by atoms with van der Waals surface area (Å²) in [5.41, 5.74) is 5.24. The minimum atomic E-state index is -0.242. The van der Waals surface area contributed by atoms with Gasteiger partial charge in [0, 0.05) is 30.4 Å². The smallest absolute Gasteiger partial charge is 0.319 e. The maximum absolute atomic E-state index is 12.2. The number of amides is 3. The zero-order valence-corrected chi connectivity index (χ0v) is 17.2. The van der Waals surface area contributed by atoms with Crippen LogP contribution in [-0.4, -0.2) is 34.1 Å². The number of benzene rings is 2. The lowest BCUT2D eigenvalue weighted by Gasteiger charge is -2.11. The maximum Gasteiger partial charge on any atom is 0.319 e. The Morgan fingerprint density at radius 1 is 1.10 bits per heavy atom. The molecule has 0 saturated heterocycles. The van der Waals surface area contributed by atoms with Crippen LogP contribution >= 0.6 is 0 Å². The largest absolute Gasteiger partial charge is 0.350 e. The van der Waals surface area contributed by atoms with Crippen molar-refractivity contribution in [2.45, 2.75) is 40.3 Å². The fraction of sp³-hybridized carbons (Fsp3) is 0.318. The number of aryl methyl sites for hydroxylation is 2. The molecular weight excluding hydrogens is 366 g/mol. The molecule has 3 N–H and O–H groups in total. The lowest BCUT2D eigenvalue weighted by Crippen LogP contribution is -2.31. The van der Waals surface area contributed by atoms with Gasteiger partial charge in [0.2, 0.25) is 0 Å². The van der Waals surface area contributed by atoms with Gasteiger partial charge in [-0.3, -0.25) is 4.79 Å². The lowest BCUT2D eigenvalue weighted by atomic mass is 10.1. The molecule has 3 rings (SSSR count). The van der Waals surface area contributed by atoms with E-state index in [0.717, 1.165) is 27.8 Å². The van der Waals surface area contributed by atoms with E-state index < -0.39 is 0 Å². The lowest BCUT2D eigenvalue weighted by molar-refractivity contribution is 0.0943. The summed E-state index contributed by atoms with van der Waals surface area (Å²) in [6, 6.07) is 11.2. The summed E-state index contributed by atoms with van der Waals surface area (Å²) in [5.74, 6) is -0.110. The van der Waals surface area contributed by atoms with Crippen LogP contribution < -0.4 is 16.0 Å². The Morgan fingerprint density at radius 3 is 2.62 bits per heavy atom. The molecule has 0 radical (unpaired) electrons. The van der Waals surface area contributed by atoms with Gasteiger partial charge < -0.3 is 20.5 Å². The number of carbonyl (C=O) groups excluding carboxylic acids is 2. The number of urea groups is 1. The number of fused-ring (bicyclic) bond motifs is 1. The van der Waals surface area contributed by atoms with Gasteiger partial charge in [-0.1, -0.05) is 17.7 Å². The zero-order chi connectivity index (χ0) is 21.0. The molecule has 3 amide bonds. The van der Waals surface area contributed by atoms with Crippen molar-refractivity contribution in [3.63, 3.8) is 0 Å². The van der Waals surface area contributed by atoms with Gasteiger partial charge >= 0.3 is 6.03 Å². The Bertz CT molecular complexity index is 1040. The van der Waals surface area contributed by atoms with Crippen molar-refractivity contribution in [1.29, 1.82) is 0 Å². The SMILES string of the molecule is Cc1ccc(NC(=O)NCCn2cnc3cc(C(=O)NC(C)C)ccc32)c(C)c1. The predicted molar refractivity (Wildman–Crippen MR) is 115 cm³/mol. The monoisotopic (exact) mass is 393 g/mol. The van der Waals surface area contributed by atoms with Gasteiger partial charge in [0.05, 0.1) is 17.4 Å². The second kappa shape index (κ2) is 8.77. The van der Waals surface area contributed by atoms with Crippen molar-refractivity contribution in [3.8, 4) is 0 Å². The molecule has 0 saturated carbocycles. The van der Waals surface area contributed by atoms with Crippen LogP contribution in [0.3, 0.4) is 0 Å². The molecule has 0 spiro atoms. The van der Waals surface area contributed by atoms with Crippen LogP contribution in [0.15, 0.2) is 42.7 Å². The molecule has 29 heavy (non-hydrogen) atoms. The Hall–Kier alpha value is -3.35. The fourth-order valence-corrected chi connectivity index (χ4v) is 3.14. The summed E-state index contributed by atoms with van der Waals surface area (Å²) in [6.45, 7) is 8.87. The van der Waals surface area contributed by atoms with Gasteiger partial charge in [-0.2, -0.15) is 0 Å². The van der Waals surface area contributed by atoms with Gasteiger partial charge in [0.25, 0.3) is 5.91 Å². The second-order valence-corrected chi connectivity index (χ2v) is 7.47. The molecule has 0 bridgehead atoms. The minimum absolute atomic E-state index is 0.0803. The normalized spacial score (nSPS) is 10.9. The van der Waals surface area contributed by atoms with Crippen LogP contribution in [-0.2, 0) is 6.54 Å². The van der Waals surface area contributed by atoms with Crippen LogP contribution in [0.4, 0.5) is 10.5 Å². The van der Waals surface area contributed by atoms with Gasteiger partial charge in [-0.25, -0.2) is 9.78 Å². The number of hydrogen-bond donors (Lipinski definition) is 3. The molecule has 2 aromatic carbocycles. The molecule has 0 aliphatic rings. The van der Waals surface area contributed by atoms with E-state index in [1.807, 2.05) is 56.5 Å². The molecule has 152 valence electrons. The summed E-state index contributed by atoms with van der Waals surface area (Å²) in [5, 5.41) is 8.61. The van der Waals surface area contributed by atoms with Gasteiger partial charge in [-0.15, -0.1) is 0 Å². The fourth-order valence-electron chi connectivity index (χ4n) is 3.14. The first kappa shape index (κ1) is 20.4.